The smallest absolute Gasteiger partial charge is 0.181 e. The maximum atomic E-state index is 4.24. The first-order chi connectivity index (χ1) is 6.66. The summed E-state index contributed by atoms with van der Waals surface area (Å²) in [5.41, 5.74) is 2.24. The van der Waals surface area contributed by atoms with E-state index in [1.165, 1.54) is 5.56 Å². The second-order valence-corrected chi connectivity index (χ2v) is 4.06. The van der Waals surface area contributed by atoms with Gasteiger partial charge in [0.1, 0.15) is 6.33 Å². The van der Waals surface area contributed by atoms with Crippen LogP contribution in [-0.2, 0) is 7.05 Å². The van der Waals surface area contributed by atoms with Crippen molar-refractivity contribution in [1.82, 2.24) is 14.8 Å². The summed E-state index contributed by atoms with van der Waals surface area (Å²) in [6, 6.07) is 6.11. The molecule has 0 fully saturated rings. The quantitative estimate of drug-likeness (QED) is 0.780. The molecular weight excluding hydrogens is 242 g/mol. The Balaban J connectivity index is 2.47. The van der Waals surface area contributed by atoms with Crippen molar-refractivity contribution in [3.63, 3.8) is 0 Å². The van der Waals surface area contributed by atoms with E-state index in [4.69, 9.17) is 0 Å². The second-order valence-electron chi connectivity index (χ2n) is 3.21. The molecule has 0 aliphatic carbocycles. The van der Waals surface area contributed by atoms with Gasteiger partial charge in [0.15, 0.2) is 5.82 Å². The third kappa shape index (κ3) is 1.70. The van der Waals surface area contributed by atoms with E-state index in [-0.39, 0.29) is 0 Å². The standard InChI is InChI=1S/C10H10BrN3/c1-7-3-4-8(5-9(7)11)10-12-6-14(2)13-10/h3-6H,1-2H3. The van der Waals surface area contributed by atoms with Crippen LogP contribution in [0.1, 0.15) is 5.56 Å². The predicted molar refractivity (Wildman–Crippen MR) is 58.9 cm³/mol. The van der Waals surface area contributed by atoms with Crippen LogP contribution in [0, 0.1) is 6.92 Å². The fourth-order valence-corrected chi connectivity index (χ4v) is 1.58. The highest BCUT2D eigenvalue weighted by Crippen LogP contribution is 2.22. The Labute approximate surface area is 90.9 Å². The van der Waals surface area contributed by atoms with Crippen molar-refractivity contribution in [3.05, 3.63) is 34.6 Å². The average molecular weight is 252 g/mol. The normalized spacial score (nSPS) is 10.5. The lowest BCUT2D eigenvalue weighted by atomic mass is 10.1. The topological polar surface area (TPSA) is 30.7 Å². The lowest BCUT2D eigenvalue weighted by molar-refractivity contribution is 0.768. The third-order valence-electron chi connectivity index (χ3n) is 2.03. The highest BCUT2D eigenvalue weighted by molar-refractivity contribution is 9.10. The molecule has 72 valence electrons. The van der Waals surface area contributed by atoms with Crippen LogP contribution in [0.3, 0.4) is 0 Å². The molecule has 0 spiro atoms. The minimum absolute atomic E-state index is 0.758. The lowest BCUT2D eigenvalue weighted by Gasteiger charge is -1.99. The maximum absolute atomic E-state index is 4.24. The average Bonchev–Trinajstić information content (AvgIpc) is 2.57. The van der Waals surface area contributed by atoms with E-state index in [1.807, 2.05) is 19.2 Å². The van der Waals surface area contributed by atoms with Crippen molar-refractivity contribution < 1.29 is 0 Å². The molecule has 2 rings (SSSR count). The number of hydrogen-bond acceptors (Lipinski definition) is 2. The van der Waals surface area contributed by atoms with Crippen molar-refractivity contribution in [3.8, 4) is 11.4 Å². The van der Waals surface area contributed by atoms with E-state index in [1.54, 1.807) is 11.0 Å². The van der Waals surface area contributed by atoms with Gasteiger partial charge in [-0.25, -0.2) is 4.98 Å². The van der Waals surface area contributed by atoms with Gasteiger partial charge in [-0.15, -0.1) is 0 Å². The monoisotopic (exact) mass is 251 g/mol. The van der Waals surface area contributed by atoms with Gasteiger partial charge in [-0.05, 0) is 18.6 Å². The second kappa shape index (κ2) is 3.53. The molecule has 0 amide bonds. The Morgan fingerprint density at radius 2 is 2.14 bits per heavy atom. The van der Waals surface area contributed by atoms with Crippen LogP contribution in [0.5, 0.6) is 0 Å². The van der Waals surface area contributed by atoms with Crippen LogP contribution in [0.15, 0.2) is 29.0 Å². The van der Waals surface area contributed by atoms with Crippen molar-refractivity contribution in [2.45, 2.75) is 6.92 Å². The molecule has 0 atom stereocenters. The maximum Gasteiger partial charge on any atom is 0.181 e. The molecule has 14 heavy (non-hydrogen) atoms. The summed E-state index contributed by atoms with van der Waals surface area (Å²) in [7, 11) is 1.86. The van der Waals surface area contributed by atoms with Crippen molar-refractivity contribution >= 4 is 15.9 Å². The molecule has 0 radical (unpaired) electrons. The molecule has 1 aromatic heterocycles. The van der Waals surface area contributed by atoms with Gasteiger partial charge in [-0.2, -0.15) is 5.10 Å². The van der Waals surface area contributed by atoms with Crippen molar-refractivity contribution in [2.24, 2.45) is 7.05 Å². The van der Waals surface area contributed by atoms with E-state index in [0.29, 0.717) is 0 Å². The van der Waals surface area contributed by atoms with Crippen LogP contribution in [0.4, 0.5) is 0 Å². The Morgan fingerprint density at radius 1 is 1.36 bits per heavy atom. The van der Waals surface area contributed by atoms with Crippen molar-refractivity contribution in [1.29, 1.82) is 0 Å². The highest BCUT2D eigenvalue weighted by atomic mass is 79.9. The Morgan fingerprint density at radius 3 is 2.71 bits per heavy atom. The van der Waals surface area contributed by atoms with E-state index in [0.717, 1.165) is 15.9 Å². The number of nitrogens with zero attached hydrogens (tertiary/aromatic N) is 3. The summed E-state index contributed by atoms with van der Waals surface area (Å²) < 4.78 is 2.78. The van der Waals surface area contributed by atoms with Crippen molar-refractivity contribution in [2.75, 3.05) is 0 Å². The summed E-state index contributed by atoms with van der Waals surface area (Å²) in [4.78, 5) is 4.19. The Kier molecular flexibility index (Phi) is 2.37. The summed E-state index contributed by atoms with van der Waals surface area (Å²) in [5, 5.41) is 4.24. The highest BCUT2D eigenvalue weighted by Gasteiger charge is 2.04. The number of halogens is 1. The van der Waals surface area contributed by atoms with Gasteiger partial charge >= 0.3 is 0 Å². The first-order valence-corrected chi connectivity index (χ1v) is 5.08. The van der Waals surface area contributed by atoms with Gasteiger partial charge in [0.05, 0.1) is 0 Å². The number of rotatable bonds is 1. The number of aryl methyl sites for hydroxylation is 2. The molecular formula is C10H10BrN3. The molecule has 0 aliphatic rings. The van der Waals surface area contributed by atoms with Gasteiger partial charge < -0.3 is 0 Å². The largest absolute Gasteiger partial charge is 0.255 e. The van der Waals surface area contributed by atoms with Crippen LogP contribution in [-0.4, -0.2) is 14.8 Å². The Bertz CT molecular complexity index is 462. The zero-order valence-electron chi connectivity index (χ0n) is 8.03. The van der Waals surface area contributed by atoms with Gasteiger partial charge in [-0.1, -0.05) is 28.1 Å². The molecule has 2 aromatic rings. The summed E-state index contributed by atoms with van der Waals surface area (Å²) in [6.07, 6.45) is 1.70. The van der Waals surface area contributed by atoms with E-state index in [2.05, 4.69) is 39.0 Å². The molecule has 0 saturated carbocycles. The fraction of sp³-hybridized carbons (Fsp3) is 0.200. The minimum atomic E-state index is 0.758. The van der Waals surface area contributed by atoms with E-state index < -0.39 is 0 Å². The zero-order chi connectivity index (χ0) is 10.1. The van der Waals surface area contributed by atoms with Gasteiger partial charge in [-0.3, -0.25) is 4.68 Å². The van der Waals surface area contributed by atoms with Gasteiger partial charge in [0, 0.05) is 17.1 Å². The van der Waals surface area contributed by atoms with E-state index in [9.17, 15) is 0 Å². The summed E-state index contributed by atoms with van der Waals surface area (Å²) >= 11 is 3.49. The van der Waals surface area contributed by atoms with Crippen LogP contribution in [0.25, 0.3) is 11.4 Å². The predicted octanol–water partition coefficient (Wildman–Crippen LogP) is 2.55. The summed E-state index contributed by atoms with van der Waals surface area (Å²) in [5.74, 6) is 0.758. The van der Waals surface area contributed by atoms with Crippen LogP contribution in [0.2, 0.25) is 0 Å². The molecule has 0 aliphatic heterocycles. The minimum Gasteiger partial charge on any atom is -0.255 e. The first kappa shape index (κ1) is 9.40. The number of benzene rings is 1. The molecule has 0 saturated heterocycles. The molecule has 1 heterocycles. The number of aromatic nitrogens is 3. The molecule has 0 bridgehead atoms. The molecule has 0 unspecified atom stereocenters. The molecule has 0 N–H and O–H groups in total. The fourth-order valence-electron chi connectivity index (χ4n) is 1.20. The first-order valence-electron chi connectivity index (χ1n) is 4.29. The molecule has 4 heteroatoms. The van der Waals surface area contributed by atoms with Crippen LogP contribution < -0.4 is 0 Å². The zero-order valence-corrected chi connectivity index (χ0v) is 9.62. The third-order valence-corrected chi connectivity index (χ3v) is 2.88. The van der Waals surface area contributed by atoms with Gasteiger partial charge in [0.2, 0.25) is 0 Å². The number of hydrogen-bond donors (Lipinski definition) is 0. The summed E-state index contributed by atoms with van der Waals surface area (Å²) in [6.45, 7) is 2.06. The Hall–Kier alpha value is -1.16. The van der Waals surface area contributed by atoms with E-state index >= 15 is 0 Å². The molecule has 3 nitrogen and oxygen atoms in total. The van der Waals surface area contributed by atoms with Crippen LogP contribution >= 0.6 is 15.9 Å². The SMILES string of the molecule is Cc1ccc(-c2ncn(C)n2)cc1Br. The van der Waals surface area contributed by atoms with Gasteiger partial charge in [0.25, 0.3) is 0 Å². The lowest BCUT2D eigenvalue weighted by Crippen LogP contribution is -1.88. The molecule has 1 aromatic carbocycles.